The van der Waals surface area contributed by atoms with E-state index in [9.17, 15) is 0 Å². The fraction of sp³-hybridized carbons (Fsp3) is 0. The van der Waals surface area contributed by atoms with E-state index in [2.05, 4.69) is 0 Å². The molecule has 0 aromatic rings. The molecule has 0 aromatic heterocycles. The van der Waals surface area contributed by atoms with Gasteiger partial charge in [0.1, 0.15) is 0 Å². The van der Waals surface area contributed by atoms with Crippen molar-refractivity contribution >= 4 is 39.1 Å². The van der Waals surface area contributed by atoms with Crippen LogP contribution in [0, 0.1) is 200 Å². The first-order valence-corrected chi connectivity index (χ1v) is 11.0. The summed E-state index contributed by atoms with van der Waals surface area (Å²) in [7, 11) is -26.9. The summed E-state index contributed by atoms with van der Waals surface area (Å²) in [5, 5.41) is 0. The van der Waals surface area contributed by atoms with Crippen LogP contribution in [0.3, 0.4) is 0 Å². The number of hydrogen-bond donors (Lipinski definition) is 0. The summed E-state index contributed by atoms with van der Waals surface area (Å²) in [6, 6.07) is 0. The second kappa shape index (κ2) is 32.4. The van der Waals surface area contributed by atoms with Crippen LogP contribution in [0.4, 0.5) is 0 Å². The van der Waals surface area contributed by atoms with E-state index in [4.69, 9.17) is 96.2 Å². The van der Waals surface area contributed by atoms with Crippen molar-refractivity contribution < 1.29 is 296 Å². The topological polar surface area (TPSA) is 431 Å². The number of hydrogen-bond acceptors (Lipinski definition) is 20. The van der Waals surface area contributed by atoms with Gasteiger partial charge in [-0.3, -0.25) is 0 Å². The number of rotatable bonds is 0. The maximum absolute atomic E-state index is 8.55. The Kier molecular flexibility index (Phi) is 71.1. The van der Waals surface area contributed by atoms with Gasteiger partial charge < -0.3 is 96.2 Å². The Hall–Kier alpha value is 7.17. The van der Waals surface area contributed by atoms with Gasteiger partial charge in [-0.05, 0) is 0 Å². The third-order valence-corrected chi connectivity index (χ3v) is 0. The fourth-order valence-corrected chi connectivity index (χ4v) is 0. The van der Waals surface area contributed by atoms with Crippen LogP contribution < -0.4 is 73.4 Å². The van der Waals surface area contributed by atoms with Crippen molar-refractivity contribution in [1.29, 1.82) is 0 Å². The Morgan fingerprint density at radius 3 is 0.233 bits per heavy atom. The van der Waals surface area contributed by atoms with E-state index in [-0.39, 0.29) is 200 Å². The molecule has 0 rings (SSSR count). The molecule has 0 amide bonds. The van der Waals surface area contributed by atoms with Crippen molar-refractivity contribution in [2.24, 2.45) is 0 Å². The fourth-order valence-electron chi connectivity index (χ4n) is 0. The monoisotopic (exact) mass is 1260 g/mol. The molecule has 0 aromatic carbocycles. The predicted molar refractivity (Wildman–Crippen MR) is 38.0 cm³/mol. The van der Waals surface area contributed by atoms with Crippen molar-refractivity contribution in [2.45, 2.75) is 0 Å². The Bertz CT molecular complexity index is 385. The van der Waals surface area contributed by atoms with E-state index < -0.39 is 39.1 Å². The summed E-state index contributed by atoms with van der Waals surface area (Å²) in [5.74, 6) is 0. The van der Waals surface area contributed by atoms with Crippen LogP contribution in [-0.4, -0.2) is 0 Å². The predicted octanol–water partition coefficient (Wildman–Crippen LogP) is -14.1. The van der Waals surface area contributed by atoms with Crippen molar-refractivity contribution in [3.8, 4) is 0 Å². The molecule has 5 radical (unpaired) electrons. The van der Waals surface area contributed by atoms with Gasteiger partial charge in [0, 0.05) is 0 Å². The smallest absolute Gasteiger partial charge is 0.822 e. The van der Waals surface area contributed by atoms with E-state index in [1.54, 1.807) is 0 Å². The van der Waals surface area contributed by atoms with Crippen LogP contribution in [0.5, 0.6) is 0 Å². The first kappa shape index (κ1) is 65.9. The molecule has 0 aliphatic rings. The van der Waals surface area contributed by atoms with E-state index in [1.807, 2.05) is 0 Å². The van der Waals surface area contributed by atoms with Gasteiger partial charge in [-0.15, -0.1) is 0 Å². The molecule has 0 saturated heterocycles. The zero-order valence-corrected chi connectivity index (χ0v) is 28.0. The van der Waals surface area contributed by atoms with Gasteiger partial charge in [-0.2, -0.15) is 39.1 Å². The summed E-state index contributed by atoms with van der Waals surface area (Å²) in [5.41, 5.74) is 0. The molecular formula is Gd5O20P5. The third kappa shape index (κ3) is 798. The average molecular weight is 1260 g/mol. The molecule has 0 unspecified atom stereocenters. The Labute approximate surface area is 327 Å². The quantitative estimate of drug-likeness (QED) is 0.203. The van der Waals surface area contributed by atoms with Crippen LogP contribution in [0.2, 0.25) is 0 Å². The zero-order chi connectivity index (χ0) is 22.5. The van der Waals surface area contributed by atoms with E-state index >= 15 is 0 Å². The van der Waals surface area contributed by atoms with Crippen LogP contribution in [0.15, 0.2) is 0 Å². The first-order valence-electron chi connectivity index (χ1n) is 3.65. The van der Waals surface area contributed by atoms with E-state index in [0.29, 0.717) is 0 Å². The summed E-state index contributed by atoms with van der Waals surface area (Å²) in [6.45, 7) is 0. The van der Waals surface area contributed by atoms with Crippen molar-refractivity contribution in [1.82, 2.24) is 0 Å². The largest absolute Gasteiger partial charge is 3.00 e. The molecule has 30 heteroatoms. The Morgan fingerprint density at radius 2 is 0.233 bits per heavy atom. The third-order valence-electron chi connectivity index (χ3n) is 0. The molecule has 0 aliphatic heterocycles. The molecule has 0 heterocycles. The van der Waals surface area contributed by atoms with Gasteiger partial charge in [0.05, 0.1) is 0 Å². The molecule has 0 fully saturated rings. The molecule has 0 saturated carbocycles. The van der Waals surface area contributed by atoms with Crippen molar-refractivity contribution in [2.75, 3.05) is 0 Å². The molecule has 0 spiro atoms. The molecular weight excluding hydrogens is 1260 g/mol. The summed E-state index contributed by atoms with van der Waals surface area (Å²) in [4.78, 5) is 128. The first-order chi connectivity index (χ1) is 10.0. The normalized spacial score (nSPS) is 9.83. The molecule has 0 atom stereocenters. The van der Waals surface area contributed by atoms with Gasteiger partial charge in [0.25, 0.3) is 0 Å². The zero-order valence-electron chi connectivity index (χ0n) is 12.2. The summed E-state index contributed by atoms with van der Waals surface area (Å²) < 4.78 is 42.7. The minimum Gasteiger partial charge on any atom is -0.822 e. The van der Waals surface area contributed by atoms with Crippen LogP contribution >= 0.6 is 39.1 Å². The van der Waals surface area contributed by atoms with Crippen LogP contribution in [0.25, 0.3) is 0 Å². The Morgan fingerprint density at radius 1 is 0.233 bits per heavy atom. The summed E-state index contributed by atoms with van der Waals surface area (Å²) in [6.07, 6.45) is 0. The minimum atomic E-state index is -5.39. The summed E-state index contributed by atoms with van der Waals surface area (Å²) >= 11 is 0. The SMILES string of the molecule is O=P([O-])([O-])[O-].O=P([O-])([O-])[O-].O=P([O-])([O-])[O-].O=P([O-])([O-])[O-].O=P([O-])([O-])[O-].[Gd+3].[Gd+3].[Gd+3].[Gd+3].[Gd+3]. The van der Waals surface area contributed by atoms with Gasteiger partial charge >= 0.3 is 200 Å². The van der Waals surface area contributed by atoms with Gasteiger partial charge in [-0.25, -0.2) is 0 Å². The second-order valence-electron chi connectivity index (χ2n) is 2.24. The van der Waals surface area contributed by atoms with Gasteiger partial charge in [0.2, 0.25) is 0 Å². The molecule has 0 aliphatic carbocycles. The van der Waals surface area contributed by atoms with Crippen LogP contribution in [0.1, 0.15) is 0 Å². The maximum atomic E-state index is 8.55. The molecule has 0 N–H and O–H groups in total. The van der Waals surface area contributed by atoms with E-state index in [0.717, 1.165) is 0 Å². The Balaban J connectivity index is -0.0000000200. The molecule has 20 nitrogen and oxygen atoms in total. The van der Waals surface area contributed by atoms with E-state index in [1.165, 1.54) is 0 Å². The van der Waals surface area contributed by atoms with Crippen molar-refractivity contribution in [3.63, 3.8) is 0 Å². The molecule has 30 heavy (non-hydrogen) atoms. The number of phosphoric acid groups is 5. The second-order valence-corrected chi connectivity index (χ2v) is 6.71. The standard InChI is InChI=1S/5Gd.5H3O4P/c;;;;;5*1-5(2,3)4/h;;;;;5*(H3,1,2,3,4)/q5*+3;;;;;/p-15. The molecule has 185 valence electrons. The van der Waals surface area contributed by atoms with Gasteiger partial charge in [-0.1, -0.05) is 0 Å². The molecule has 0 bridgehead atoms. The minimum absolute atomic E-state index is 0. The van der Waals surface area contributed by atoms with Crippen molar-refractivity contribution in [3.05, 3.63) is 0 Å². The maximum Gasteiger partial charge on any atom is 3.00 e. The van der Waals surface area contributed by atoms with Gasteiger partial charge in [0.15, 0.2) is 0 Å². The average Bonchev–Trinajstić information content (AvgIpc) is 1.79. The van der Waals surface area contributed by atoms with Crippen LogP contribution in [-0.2, 0) is 22.8 Å².